The van der Waals surface area contributed by atoms with Gasteiger partial charge in [0.05, 0.1) is 4.75 Å². The van der Waals surface area contributed by atoms with Gasteiger partial charge in [0, 0.05) is 26.8 Å². The van der Waals surface area contributed by atoms with Crippen molar-refractivity contribution in [1.29, 1.82) is 0 Å². The van der Waals surface area contributed by atoms with Gasteiger partial charge in [-0.25, -0.2) is 0 Å². The molecule has 0 saturated carbocycles. The Kier molecular flexibility index (Phi) is 8.36. The maximum atomic E-state index is 14.7. The average molecular weight is 523 g/mol. The second kappa shape index (κ2) is 10.7. The molecule has 0 atom stereocenters. The minimum atomic E-state index is -3.66. The zero-order valence-electron chi connectivity index (χ0n) is 21.0. The molecule has 0 spiro atoms. The number of thiocarbonyl (C=S) groups is 1. The Morgan fingerprint density at radius 2 is 1.37 bits per heavy atom. The topological polar surface area (TPSA) is 51.2 Å². The zero-order chi connectivity index (χ0) is 26.0. The Labute approximate surface area is 218 Å². The fourth-order valence-corrected chi connectivity index (χ4v) is 8.57. The number of ketones is 1. The number of carbonyl (C=O) groups is 2. The van der Waals surface area contributed by atoms with Gasteiger partial charge in [-0.2, -0.15) is 0 Å². The minimum Gasteiger partial charge on any atom is -0.305 e. The third-order valence-electron chi connectivity index (χ3n) is 6.28. The first-order chi connectivity index (χ1) is 16.4. The summed E-state index contributed by atoms with van der Waals surface area (Å²) in [5, 5.41) is 1.00. The van der Waals surface area contributed by atoms with Crippen LogP contribution in [0.2, 0.25) is 0 Å². The number of carbonyl (C=O) groups excluding carboxylic acids is 2. The highest BCUT2D eigenvalue weighted by molar-refractivity contribution is 8.24. The van der Waals surface area contributed by atoms with E-state index < -0.39 is 17.4 Å². The van der Waals surface area contributed by atoms with Crippen molar-refractivity contribution < 1.29 is 14.2 Å². The summed E-state index contributed by atoms with van der Waals surface area (Å²) >= 11 is 6.60. The zero-order valence-corrected chi connectivity index (χ0v) is 23.6. The van der Waals surface area contributed by atoms with E-state index >= 15 is 0 Å². The van der Waals surface area contributed by atoms with Crippen molar-refractivity contribution >= 4 is 57.2 Å². The Balaban J connectivity index is 2.17. The summed E-state index contributed by atoms with van der Waals surface area (Å²) in [6.45, 7) is 11.3. The van der Waals surface area contributed by atoms with Crippen molar-refractivity contribution in [2.45, 2.75) is 52.7 Å². The molecule has 3 nitrogen and oxygen atoms in total. The van der Waals surface area contributed by atoms with Gasteiger partial charge in [-0.1, -0.05) is 78.9 Å². The summed E-state index contributed by atoms with van der Waals surface area (Å²) in [4.78, 5) is 27.5. The molecule has 3 aromatic rings. The van der Waals surface area contributed by atoms with Crippen molar-refractivity contribution in [1.82, 2.24) is 0 Å². The van der Waals surface area contributed by atoms with E-state index in [0.29, 0.717) is 25.9 Å². The summed E-state index contributed by atoms with van der Waals surface area (Å²) in [7, 11) is -3.66. The minimum absolute atomic E-state index is 0.0365. The van der Waals surface area contributed by atoms with Gasteiger partial charge in [0.15, 0.2) is 5.78 Å². The van der Waals surface area contributed by atoms with Crippen LogP contribution in [0.4, 0.5) is 0 Å². The monoisotopic (exact) mass is 522 g/mol. The normalized spacial score (nSPS) is 11.8. The molecular weight excluding hydrogens is 491 g/mol. The Hall–Kier alpha value is -2.33. The molecule has 0 bridgehead atoms. The number of hydrogen-bond donors (Lipinski definition) is 0. The highest BCUT2D eigenvalue weighted by Gasteiger charge is 2.39. The lowest BCUT2D eigenvalue weighted by molar-refractivity contribution is -0.119. The molecule has 3 rings (SSSR count). The van der Waals surface area contributed by atoms with Crippen molar-refractivity contribution in [3.63, 3.8) is 0 Å². The van der Waals surface area contributed by atoms with Crippen LogP contribution in [-0.2, 0) is 15.8 Å². The van der Waals surface area contributed by atoms with Crippen LogP contribution in [0.3, 0.4) is 0 Å². The number of benzene rings is 3. The molecule has 35 heavy (non-hydrogen) atoms. The summed E-state index contributed by atoms with van der Waals surface area (Å²) in [5.74, 6) is 0.0365. The lowest BCUT2D eigenvalue weighted by atomic mass is 9.89. The molecule has 3 aromatic carbocycles. The predicted molar refractivity (Wildman–Crippen MR) is 153 cm³/mol. The van der Waals surface area contributed by atoms with Gasteiger partial charge in [-0.15, -0.1) is 11.8 Å². The summed E-state index contributed by atoms with van der Waals surface area (Å²) in [6.07, 6.45) is 0.182. The first kappa shape index (κ1) is 27.3. The van der Waals surface area contributed by atoms with Gasteiger partial charge < -0.3 is 4.57 Å². The van der Waals surface area contributed by atoms with E-state index in [1.165, 1.54) is 11.8 Å². The quantitative estimate of drug-likeness (QED) is 0.242. The van der Waals surface area contributed by atoms with Gasteiger partial charge in [-0.05, 0) is 63.8 Å². The third kappa shape index (κ3) is 5.58. The van der Waals surface area contributed by atoms with Crippen LogP contribution in [0.1, 0.15) is 53.4 Å². The second-order valence-electron chi connectivity index (χ2n) is 9.28. The molecule has 0 saturated heterocycles. The highest BCUT2D eigenvalue weighted by Crippen LogP contribution is 2.48. The van der Waals surface area contributed by atoms with Crippen LogP contribution < -0.4 is 10.6 Å². The molecule has 0 aliphatic rings. The average Bonchev–Trinajstić information content (AvgIpc) is 2.81. The fourth-order valence-electron chi connectivity index (χ4n) is 4.43. The number of thioether (sulfide) groups is 1. The molecule has 0 aliphatic heterocycles. The van der Waals surface area contributed by atoms with Gasteiger partial charge in [0.2, 0.25) is 12.7 Å². The van der Waals surface area contributed by atoms with Crippen molar-refractivity contribution in [2.75, 3.05) is 0 Å². The van der Waals surface area contributed by atoms with E-state index in [0.717, 1.165) is 16.7 Å². The van der Waals surface area contributed by atoms with E-state index in [4.69, 9.17) is 12.2 Å². The van der Waals surface area contributed by atoms with Crippen molar-refractivity contribution in [3.8, 4) is 0 Å². The molecule has 0 heterocycles. The van der Waals surface area contributed by atoms with E-state index in [1.807, 2.05) is 59.7 Å². The molecule has 0 radical (unpaired) electrons. The third-order valence-corrected chi connectivity index (χ3v) is 10.4. The molecule has 0 amide bonds. The SMILES string of the molecule is CC(=S)SC(C)(C)C(=O)Cc1c(C)cc(C)c(C(=O)P(=O)(c2ccccc2)c2ccccc2)c1C. The van der Waals surface area contributed by atoms with E-state index in [9.17, 15) is 14.2 Å². The van der Waals surface area contributed by atoms with Crippen molar-refractivity contribution in [2.24, 2.45) is 0 Å². The van der Waals surface area contributed by atoms with Crippen LogP contribution in [0.25, 0.3) is 0 Å². The second-order valence-corrected chi connectivity index (χ2v) is 14.6. The summed E-state index contributed by atoms with van der Waals surface area (Å²) in [6, 6.07) is 19.8. The molecule has 0 unspecified atom stereocenters. The van der Waals surface area contributed by atoms with Crippen LogP contribution in [0, 0.1) is 20.8 Å². The number of Topliss-reactive ketones (excluding diaryl/α,β-unsaturated/α-hetero) is 1. The predicted octanol–water partition coefficient (Wildman–Crippen LogP) is 6.74. The largest absolute Gasteiger partial charge is 0.305 e. The Morgan fingerprint density at radius 1 is 0.886 bits per heavy atom. The summed E-state index contributed by atoms with van der Waals surface area (Å²) in [5.41, 5.74) is 3.27. The van der Waals surface area contributed by atoms with E-state index in [-0.39, 0.29) is 12.2 Å². The van der Waals surface area contributed by atoms with E-state index in [2.05, 4.69) is 0 Å². The van der Waals surface area contributed by atoms with Crippen LogP contribution in [0.15, 0.2) is 66.7 Å². The standard InChI is InChI=1S/C29H31O3PS2/c1-19-17-20(2)27(21(3)25(19)18-26(30)29(5,6)35-22(4)34)28(31)33(32,23-13-9-7-10-14-23)24-15-11-8-12-16-24/h7-17H,18H2,1-6H3. The fraction of sp³-hybridized carbons (Fsp3) is 0.276. The molecule has 0 aliphatic carbocycles. The maximum absolute atomic E-state index is 14.7. The first-order valence-electron chi connectivity index (χ1n) is 11.5. The summed E-state index contributed by atoms with van der Waals surface area (Å²) < 4.78 is 14.7. The van der Waals surface area contributed by atoms with Gasteiger partial charge in [0.25, 0.3) is 0 Å². The smallest absolute Gasteiger partial charge is 0.230 e. The van der Waals surface area contributed by atoms with E-state index in [1.54, 1.807) is 48.5 Å². The Bertz CT molecular complexity index is 1290. The van der Waals surface area contributed by atoms with Crippen LogP contribution in [-0.4, -0.2) is 20.3 Å². The lowest BCUT2D eigenvalue weighted by Crippen LogP contribution is -2.31. The molecule has 0 N–H and O–H groups in total. The van der Waals surface area contributed by atoms with Crippen LogP contribution in [0.5, 0.6) is 0 Å². The number of hydrogen-bond acceptors (Lipinski definition) is 5. The van der Waals surface area contributed by atoms with Crippen molar-refractivity contribution in [3.05, 3.63) is 94.5 Å². The number of aryl methyl sites for hydroxylation is 2. The lowest BCUT2D eigenvalue weighted by Gasteiger charge is -2.25. The molecule has 0 fully saturated rings. The maximum Gasteiger partial charge on any atom is 0.230 e. The number of rotatable bonds is 8. The van der Waals surface area contributed by atoms with Crippen LogP contribution >= 0.6 is 31.1 Å². The molecule has 6 heteroatoms. The van der Waals surface area contributed by atoms with Gasteiger partial charge >= 0.3 is 0 Å². The highest BCUT2D eigenvalue weighted by atomic mass is 32.2. The Morgan fingerprint density at radius 3 is 1.83 bits per heavy atom. The van der Waals surface area contributed by atoms with Gasteiger partial charge in [-0.3, -0.25) is 9.59 Å². The molecule has 182 valence electrons. The molecule has 0 aromatic heterocycles. The first-order valence-corrected chi connectivity index (χ1v) is 14.4. The van der Waals surface area contributed by atoms with Gasteiger partial charge in [0.1, 0.15) is 0 Å². The molecular formula is C29H31O3PS2.